The summed E-state index contributed by atoms with van der Waals surface area (Å²) in [6.07, 6.45) is 10.2. The lowest BCUT2D eigenvalue weighted by atomic mass is 10.1. The number of nitrogens with two attached hydrogens (primary N) is 1. The van der Waals surface area contributed by atoms with Gasteiger partial charge in [-0.2, -0.15) is 0 Å². The lowest BCUT2D eigenvalue weighted by Gasteiger charge is -2.08. The molecule has 3 N–H and O–H groups in total. The third-order valence-electron chi connectivity index (χ3n) is 4.42. The summed E-state index contributed by atoms with van der Waals surface area (Å²) in [5.74, 6) is 1.73. The van der Waals surface area contributed by atoms with Crippen LogP contribution in [0.15, 0.2) is 47.3 Å². The highest BCUT2D eigenvalue weighted by Gasteiger charge is 2.20. The van der Waals surface area contributed by atoms with Crippen LogP contribution in [0.2, 0.25) is 0 Å². The Hall–Kier alpha value is -2.69. The molecule has 1 aliphatic carbocycles. The van der Waals surface area contributed by atoms with Crippen LogP contribution >= 0.6 is 0 Å². The van der Waals surface area contributed by atoms with Gasteiger partial charge in [0.05, 0.1) is 5.69 Å². The van der Waals surface area contributed by atoms with E-state index in [1.54, 1.807) is 6.20 Å². The number of aliphatic imine (C=N–C) groups is 1. The Labute approximate surface area is 155 Å². The second kappa shape index (κ2) is 8.61. The lowest BCUT2D eigenvalue weighted by Crippen LogP contribution is -2.05. The number of aromatic nitrogens is 2. The Morgan fingerprint density at radius 3 is 2.81 bits per heavy atom. The van der Waals surface area contributed by atoms with Gasteiger partial charge in [-0.15, -0.1) is 0 Å². The van der Waals surface area contributed by atoms with E-state index in [-0.39, 0.29) is 0 Å². The largest absolute Gasteiger partial charge is 0.402 e. The van der Waals surface area contributed by atoms with Crippen LogP contribution in [0.1, 0.15) is 44.4 Å². The fourth-order valence-electron chi connectivity index (χ4n) is 2.71. The van der Waals surface area contributed by atoms with Crippen LogP contribution in [-0.4, -0.2) is 22.7 Å². The van der Waals surface area contributed by atoms with Gasteiger partial charge in [0, 0.05) is 47.7 Å². The van der Waals surface area contributed by atoms with Crippen LogP contribution in [0.5, 0.6) is 0 Å². The Bertz CT molecular complexity index is 784. The number of hydrogen-bond acceptors (Lipinski definition) is 5. The fourth-order valence-corrected chi connectivity index (χ4v) is 2.71. The number of nitrogens with zero attached hydrogens (tertiary/aromatic N) is 3. The van der Waals surface area contributed by atoms with Crippen LogP contribution in [-0.2, 0) is 6.42 Å². The van der Waals surface area contributed by atoms with Gasteiger partial charge in [0.2, 0.25) is 0 Å². The topological polar surface area (TPSA) is 76.2 Å². The summed E-state index contributed by atoms with van der Waals surface area (Å²) in [5.41, 5.74) is 10.6. The summed E-state index contributed by atoms with van der Waals surface area (Å²) >= 11 is 0. The van der Waals surface area contributed by atoms with Crippen LogP contribution in [0.4, 0.5) is 11.5 Å². The molecule has 1 saturated carbocycles. The average Bonchev–Trinajstić information content (AvgIpc) is 3.46. The number of anilines is 1. The van der Waals surface area contributed by atoms with Crippen molar-refractivity contribution in [2.24, 2.45) is 16.6 Å². The molecule has 3 rings (SSSR count). The van der Waals surface area contributed by atoms with Gasteiger partial charge in [0.1, 0.15) is 5.82 Å². The maximum Gasteiger partial charge on any atom is 0.125 e. The highest BCUT2D eigenvalue weighted by Crippen LogP contribution is 2.28. The van der Waals surface area contributed by atoms with Crippen molar-refractivity contribution >= 4 is 23.3 Å². The molecule has 2 aromatic rings. The summed E-state index contributed by atoms with van der Waals surface area (Å²) in [7, 11) is 0. The molecule has 2 heterocycles. The zero-order chi connectivity index (χ0) is 18.4. The van der Waals surface area contributed by atoms with Crippen molar-refractivity contribution in [1.82, 2.24) is 9.97 Å². The predicted octanol–water partition coefficient (Wildman–Crippen LogP) is 4.34. The molecule has 0 saturated heterocycles. The Kier molecular flexibility index (Phi) is 6.00. The first kappa shape index (κ1) is 18.1. The fraction of sp³-hybridized carbons (Fsp3) is 0.381. The van der Waals surface area contributed by atoms with Crippen molar-refractivity contribution in [2.75, 3.05) is 11.9 Å². The Morgan fingerprint density at radius 1 is 1.31 bits per heavy atom. The molecule has 1 aliphatic rings. The van der Waals surface area contributed by atoms with E-state index in [9.17, 15) is 0 Å². The van der Waals surface area contributed by atoms with Gasteiger partial charge in [-0.3, -0.25) is 9.98 Å². The summed E-state index contributed by atoms with van der Waals surface area (Å²) in [6.45, 7) is 5.04. The SMILES string of the molecule is CCCc1cc(N=CC(=C(C)N)c2ccc(NCC3CC3)nc2)ccn1. The van der Waals surface area contributed by atoms with E-state index in [4.69, 9.17) is 5.73 Å². The molecular weight excluding hydrogens is 322 g/mol. The quantitative estimate of drug-likeness (QED) is 0.695. The number of allylic oxidation sites excluding steroid dienone is 2. The second-order valence-corrected chi connectivity index (χ2v) is 6.87. The van der Waals surface area contributed by atoms with E-state index in [0.717, 1.165) is 59.3 Å². The van der Waals surface area contributed by atoms with Crippen LogP contribution in [0, 0.1) is 5.92 Å². The average molecular weight is 349 g/mol. The first-order valence-electron chi connectivity index (χ1n) is 9.31. The number of hydrogen-bond donors (Lipinski definition) is 2. The van der Waals surface area contributed by atoms with Crippen molar-refractivity contribution in [3.63, 3.8) is 0 Å². The highest BCUT2D eigenvalue weighted by molar-refractivity contribution is 6.11. The normalized spacial score (nSPS) is 15.2. The van der Waals surface area contributed by atoms with E-state index >= 15 is 0 Å². The molecule has 136 valence electrons. The second-order valence-electron chi connectivity index (χ2n) is 6.87. The van der Waals surface area contributed by atoms with Gasteiger partial charge in [-0.1, -0.05) is 13.3 Å². The van der Waals surface area contributed by atoms with Gasteiger partial charge in [0.25, 0.3) is 0 Å². The predicted molar refractivity (Wildman–Crippen MR) is 109 cm³/mol. The van der Waals surface area contributed by atoms with E-state index in [1.165, 1.54) is 12.8 Å². The Morgan fingerprint density at radius 2 is 2.15 bits per heavy atom. The molecule has 0 unspecified atom stereocenters. The van der Waals surface area contributed by atoms with Gasteiger partial charge in [-0.25, -0.2) is 4.98 Å². The third-order valence-corrected chi connectivity index (χ3v) is 4.42. The van der Waals surface area contributed by atoms with Gasteiger partial charge >= 0.3 is 0 Å². The maximum atomic E-state index is 6.09. The van der Waals surface area contributed by atoms with Gasteiger partial charge < -0.3 is 11.1 Å². The van der Waals surface area contributed by atoms with Crippen molar-refractivity contribution in [2.45, 2.75) is 39.5 Å². The Balaban J connectivity index is 1.72. The molecule has 0 bridgehead atoms. The zero-order valence-electron chi connectivity index (χ0n) is 15.6. The molecule has 5 heteroatoms. The number of aryl methyl sites for hydroxylation is 1. The zero-order valence-corrected chi connectivity index (χ0v) is 15.6. The number of rotatable bonds is 8. The van der Waals surface area contributed by atoms with Crippen LogP contribution < -0.4 is 11.1 Å². The summed E-state index contributed by atoms with van der Waals surface area (Å²) < 4.78 is 0. The first-order chi connectivity index (χ1) is 12.7. The van der Waals surface area contributed by atoms with Crippen molar-refractivity contribution < 1.29 is 0 Å². The molecule has 0 amide bonds. The monoisotopic (exact) mass is 349 g/mol. The molecule has 0 spiro atoms. The molecular formula is C21H27N5. The molecule has 0 aliphatic heterocycles. The van der Waals surface area contributed by atoms with Gasteiger partial charge in [-0.05, 0) is 56.4 Å². The van der Waals surface area contributed by atoms with E-state index in [1.807, 2.05) is 43.6 Å². The molecule has 0 radical (unpaired) electrons. The van der Waals surface area contributed by atoms with Crippen molar-refractivity contribution in [1.29, 1.82) is 0 Å². The van der Waals surface area contributed by atoms with Crippen molar-refractivity contribution in [3.05, 3.63) is 53.6 Å². The minimum atomic E-state index is 0.720. The minimum absolute atomic E-state index is 0.720. The molecule has 0 aromatic carbocycles. The summed E-state index contributed by atoms with van der Waals surface area (Å²) in [4.78, 5) is 13.5. The smallest absolute Gasteiger partial charge is 0.125 e. The first-order valence-corrected chi connectivity index (χ1v) is 9.31. The highest BCUT2D eigenvalue weighted by atomic mass is 15.0. The molecule has 26 heavy (non-hydrogen) atoms. The minimum Gasteiger partial charge on any atom is -0.402 e. The van der Waals surface area contributed by atoms with E-state index in [2.05, 4.69) is 27.2 Å². The molecule has 1 fully saturated rings. The van der Waals surface area contributed by atoms with Crippen LogP contribution in [0.3, 0.4) is 0 Å². The maximum absolute atomic E-state index is 6.09. The molecule has 5 nitrogen and oxygen atoms in total. The summed E-state index contributed by atoms with van der Waals surface area (Å²) in [6, 6.07) is 7.96. The number of pyridine rings is 2. The van der Waals surface area contributed by atoms with Gasteiger partial charge in [0.15, 0.2) is 0 Å². The lowest BCUT2D eigenvalue weighted by molar-refractivity contribution is 0.883. The summed E-state index contributed by atoms with van der Waals surface area (Å²) in [5, 5.41) is 3.38. The van der Waals surface area contributed by atoms with Crippen molar-refractivity contribution in [3.8, 4) is 0 Å². The standard InChI is InChI=1S/C21H27N5/c1-3-4-18-11-19(9-10-23-18)24-14-20(15(2)22)17-7-8-21(26-13-17)25-12-16-5-6-16/h7-11,13-14,16H,3-6,12,22H2,1-2H3,(H,25,26). The molecule has 2 aromatic heterocycles. The molecule has 0 atom stereocenters. The van der Waals surface area contributed by atoms with E-state index < -0.39 is 0 Å². The van der Waals surface area contributed by atoms with E-state index in [0.29, 0.717) is 0 Å². The third kappa shape index (κ3) is 5.15. The number of nitrogens with one attached hydrogen (secondary N) is 1. The van der Waals surface area contributed by atoms with Crippen LogP contribution in [0.25, 0.3) is 5.57 Å².